The van der Waals surface area contributed by atoms with Gasteiger partial charge in [-0.2, -0.15) is 0 Å². The summed E-state index contributed by atoms with van der Waals surface area (Å²) >= 11 is 0. The van der Waals surface area contributed by atoms with Gasteiger partial charge in [0.1, 0.15) is 0 Å². The number of likely N-dealkylation sites (tertiary alicyclic amines) is 1. The minimum Gasteiger partial charge on any atom is -0.383 e. The van der Waals surface area contributed by atoms with E-state index in [1.807, 2.05) is 0 Å². The lowest BCUT2D eigenvalue weighted by Crippen LogP contribution is -2.59. The maximum atomic E-state index is 5.19. The first-order chi connectivity index (χ1) is 11.3. The summed E-state index contributed by atoms with van der Waals surface area (Å²) in [7, 11) is 3.96. The van der Waals surface area contributed by atoms with Gasteiger partial charge in [-0.05, 0) is 18.2 Å². The van der Waals surface area contributed by atoms with E-state index in [1.54, 1.807) is 7.11 Å². The maximum Gasteiger partial charge on any atom is 0.0602 e. The van der Waals surface area contributed by atoms with Gasteiger partial charge in [0.2, 0.25) is 0 Å². The largest absolute Gasteiger partial charge is 0.383 e. The highest BCUT2D eigenvalue weighted by Gasteiger charge is 2.35. The van der Waals surface area contributed by atoms with Crippen molar-refractivity contribution in [3.63, 3.8) is 0 Å². The van der Waals surface area contributed by atoms with Gasteiger partial charge < -0.3 is 4.74 Å². The van der Waals surface area contributed by atoms with Crippen molar-refractivity contribution in [2.24, 2.45) is 0 Å². The summed E-state index contributed by atoms with van der Waals surface area (Å²) in [4.78, 5) is 4.98. The van der Waals surface area contributed by atoms with Crippen LogP contribution in [0.3, 0.4) is 0 Å². The molecule has 0 aliphatic carbocycles. The van der Waals surface area contributed by atoms with E-state index in [0.717, 1.165) is 26.2 Å². The zero-order chi connectivity index (χ0) is 16.1. The Bertz CT molecular complexity index is 542. The predicted molar refractivity (Wildman–Crippen MR) is 94.6 cm³/mol. The number of likely N-dealkylation sites (N-methyl/N-ethyl adjacent to an activating group) is 1. The second-order valence-corrected chi connectivity index (χ2v) is 6.31. The van der Waals surface area contributed by atoms with Crippen LogP contribution in [0.5, 0.6) is 0 Å². The van der Waals surface area contributed by atoms with E-state index < -0.39 is 0 Å². The zero-order valence-electron chi connectivity index (χ0n) is 14.1. The molecule has 0 spiro atoms. The van der Waals surface area contributed by atoms with E-state index in [0.29, 0.717) is 12.1 Å². The summed E-state index contributed by atoms with van der Waals surface area (Å²) in [6, 6.07) is 22.6. The van der Waals surface area contributed by atoms with Gasteiger partial charge in [-0.3, -0.25) is 9.80 Å². The molecule has 1 aliphatic heterocycles. The molecule has 0 saturated carbocycles. The number of benzene rings is 2. The number of nitrogens with zero attached hydrogens (tertiary/aromatic N) is 2. The Hall–Kier alpha value is -1.68. The fourth-order valence-electron chi connectivity index (χ4n) is 3.28. The molecule has 1 saturated heterocycles. The summed E-state index contributed by atoms with van der Waals surface area (Å²) in [5.41, 5.74) is 2.74. The molecule has 0 aromatic heterocycles. The van der Waals surface area contributed by atoms with E-state index in [9.17, 15) is 0 Å². The van der Waals surface area contributed by atoms with Crippen molar-refractivity contribution in [3.8, 4) is 0 Å². The molecule has 0 N–H and O–H groups in total. The van der Waals surface area contributed by atoms with Gasteiger partial charge >= 0.3 is 0 Å². The van der Waals surface area contributed by atoms with Crippen molar-refractivity contribution >= 4 is 0 Å². The highest BCUT2D eigenvalue weighted by Crippen LogP contribution is 2.33. The van der Waals surface area contributed by atoms with Crippen molar-refractivity contribution in [1.82, 2.24) is 9.80 Å². The van der Waals surface area contributed by atoms with Gasteiger partial charge in [0, 0.05) is 32.8 Å². The van der Waals surface area contributed by atoms with Crippen LogP contribution < -0.4 is 0 Å². The Labute approximate surface area is 139 Å². The van der Waals surface area contributed by atoms with E-state index in [-0.39, 0.29) is 0 Å². The zero-order valence-corrected chi connectivity index (χ0v) is 14.1. The minimum atomic E-state index is 0.351. The third-order valence-electron chi connectivity index (χ3n) is 4.76. The average molecular weight is 310 g/mol. The number of methoxy groups -OCH3 is 1. The van der Waals surface area contributed by atoms with E-state index in [2.05, 4.69) is 77.5 Å². The molecule has 0 amide bonds. The summed E-state index contributed by atoms with van der Waals surface area (Å²) in [6.07, 6.45) is 0. The van der Waals surface area contributed by atoms with Crippen LogP contribution in [-0.4, -0.2) is 56.2 Å². The van der Waals surface area contributed by atoms with Crippen LogP contribution >= 0.6 is 0 Å². The normalized spacial score (nSPS) is 16.0. The Morgan fingerprint density at radius 1 is 1.00 bits per heavy atom. The van der Waals surface area contributed by atoms with Gasteiger partial charge in [-0.15, -0.1) is 0 Å². The first kappa shape index (κ1) is 16.2. The number of rotatable bonds is 7. The molecule has 3 rings (SSSR count). The van der Waals surface area contributed by atoms with Crippen LogP contribution in [0.25, 0.3) is 0 Å². The van der Waals surface area contributed by atoms with Crippen LogP contribution in [0.2, 0.25) is 0 Å². The summed E-state index contributed by atoms with van der Waals surface area (Å²) in [5.74, 6) is 0. The monoisotopic (exact) mass is 310 g/mol. The average Bonchev–Trinajstić information content (AvgIpc) is 2.57. The molecule has 3 nitrogen and oxygen atoms in total. The number of ether oxygens (including phenoxy) is 1. The van der Waals surface area contributed by atoms with Crippen LogP contribution in [0, 0.1) is 0 Å². The van der Waals surface area contributed by atoms with Gasteiger partial charge in [0.05, 0.1) is 12.6 Å². The second-order valence-electron chi connectivity index (χ2n) is 6.31. The van der Waals surface area contributed by atoms with Crippen molar-refractivity contribution in [2.75, 3.05) is 40.4 Å². The fraction of sp³-hybridized carbons (Fsp3) is 0.400. The molecule has 2 aromatic rings. The third kappa shape index (κ3) is 3.81. The van der Waals surface area contributed by atoms with Crippen molar-refractivity contribution in [2.45, 2.75) is 12.1 Å². The summed E-state index contributed by atoms with van der Waals surface area (Å²) < 4.78 is 5.19. The Morgan fingerprint density at radius 2 is 1.52 bits per heavy atom. The standard InChI is InChI=1S/C20H26N2O/c1-21(13-14-23-2)19-15-22(16-19)20(17-9-5-3-6-10-17)18-11-7-4-8-12-18/h3-12,19-20H,13-16H2,1-2H3. The van der Waals surface area contributed by atoms with Crippen molar-refractivity contribution in [1.29, 1.82) is 0 Å². The van der Waals surface area contributed by atoms with Gasteiger partial charge in [-0.1, -0.05) is 60.7 Å². The lowest BCUT2D eigenvalue weighted by atomic mass is 9.93. The summed E-state index contributed by atoms with van der Waals surface area (Å²) in [5, 5.41) is 0. The van der Waals surface area contributed by atoms with Gasteiger partial charge in [-0.25, -0.2) is 0 Å². The molecule has 0 radical (unpaired) electrons. The predicted octanol–water partition coefficient (Wildman–Crippen LogP) is 3.04. The third-order valence-corrected chi connectivity index (χ3v) is 4.76. The van der Waals surface area contributed by atoms with Crippen LogP contribution in [0.15, 0.2) is 60.7 Å². The summed E-state index contributed by atoms with van der Waals surface area (Å²) in [6.45, 7) is 4.01. The molecular formula is C20H26N2O. The smallest absolute Gasteiger partial charge is 0.0602 e. The van der Waals surface area contributed by atoms with Gasteiger partial charge in [0.15, 0.2) is 0 Å². The molecule has 0 unspecified atom stereocenters. The molecule has 2 aromatic carbocycles. The highest BCUT2D eigenvalue weighted by atomic mass is 16.5. The van der Waals surface area contributed by atoms with E-state index >= 15 is 0 Å². The minimum absolute atomic E-state index is 0.351. The highest BCUT2D eigenvalue weighted by molar-refractivity contribution is 5.32. The lowest BCUT2D eigenvalue weighted by molar-refractivity contribution is 0.0167. The molecule has 1 heterocycles. The van der Waals surface area contributed by atoms with Crippen LogP contribution in [0.4, 0.5) is 0 Å². The molecule has 1 aliphatic rings. The molecule has 3 heteroatoms. The Kier molecular flexibility index (Phi) is 5.44. The number of hydrogen-bond acceptors (Lipinski definition) is 3. The van der Waals surface area contributed by atoms with Crippen molar-refractivity contribution in [3.05, 3.63) is 71.8 Å². The molecule has 1 fully saturated rings. The number of hydrogen-bond donors (Lipinski definition) is 0. The molecule has 0 bridgehead atoms. The molecule has 122 valence electrons. The first-order valence-corrected chi connectivity index (χ1v) is 8.32. The maximum absolute atomic E-state index is 5.19. The van der Waals surface area contributed by atoms with E-state index in [4.69, 9.17) is 4.74 Å². The SMILES string of the molecule is COCCN(C)C1CN(C(c2ccccc2)c2ccccc2)C1. The van der Waals surface area contributed by atoms with Crippen LogP contribution in [-0.2, 0) is 4.74 Å². The molecule has 0 atom stereocenters. The lowest BCUT2D eigenvalue weighted by Gasteiger charge is -2.48. The molecule has 23 heavy (non-hydrogen) atoms. The topological polar surface area (TPSA) is 15.7 Å². The van der Waals surface area contributed by atoms with Crippen molar-refractivity contribution < 1.29 is 4.74 Å². The molecular weight excluding hydrogens is 284 g/mol. The second kappa shape index (κ2) is 7.73. The Balaban J connectivity index is 1.72. The fourth-order valence-corrected chi connectivity index (χ4v) is 3.28. The Morgan fingerprint density at radius 3 is 2.00 bits per heavy atom. The quantitative estimate of drug-likeness (QED) is 0.782. The van der Waals surface area contributed by atoms with Gasteiger partial charge in [0.25, 0.3) is 0 Å². The van der Waals surface area contributed by atoms with Crippen LogP contribution in [0.1, 0.15) is 17.2 Å². The van der Waals surface area contributed by atoms with E-state index in [1.165, 1.54) is 11.1 Å². The first-order valence-electron chi connectivity index (χ1n) is 8.32.